The zero-order valence-corrected chi connectivity index (χ0v) is 14.0. The number of hydrogen-bond donors (Lipinski definition) is 1. The van der Waals surface area contributed by atoms with Crippen molar-refractivity contribution < 1.29 is 13.6 Å². The van der Waals surface area contributed by atoms with E-state index in [4.69, 9.17) is 4.42 Å². The summed E-state index contributed by atoms with van der Waals surface area (Å²) >= 11 is 0. The van der Waals surface area contributed by atoms with Crippen LogP contribution in [0, 0.1) is 12.7 Å². The molecule has 0 aliphatic rings. The summed E-state index contributed by atoms with van der Waals surface area (Å²) in [6.07, 6.45) is 0.543. The second-order valence-electron chi connectivity index (χ2n) is 5.74. The Morgan fingerprint density at radius 3 is 2.60 bits per heavy atom. The van der Waals surface area contributed by atoms with Crippen molar-refractivity contribution in [2.75, 3.05) is 6.54 Å². The van der Waals surface area contributed by atoms with Crippen molar-refractivity contribution in [1.82, 2.24) is 10.3 Å². The van der Waals surface area contributed by atoms with Crippen LogP contribution in [0.1, 0.15) is 17.2 Å². The number of benzene rings is 2. The number of nitrogens with zero attached hydrogens (tertiary/aromatic N) is 1. The number of aryl methyl sites for hydroxylation is 1. The molecule has 1 aromatic heterocycles. The molecule has 0 fully saturated rings. The van der Waals surface area contributed by atoms with Gasteiger partial charge in [-0.1, -0.05) is 48.5 Å². The molecule has 5 heteroatoms. The van der Waals surface area contributed by atoms with E-state index < -0.39 is 0 Å². The minimum absolute atomic E-state index is 0.0215. The number of carbonyl (C=O) groups excluding carboxylic acids is 1. The van der Waals surface area contributed by atoms with Crippen molar-refractivity contribution >= 4 is 5.91 Å². The van der Waals surface area contributed by atoms with Crippen LogP contribution in [0.3, 0.4) is 0 Å². The first-order chi connectivity index (χ1) is 12.1. The maximum atomic E-state index is 13.6. The summed E-state index contributed by atoms with van der Waals surface area (Å²) in [5.74, 6) is 0.735. The standard InChI is InChI=1S/C20H19FN2O2/c1-14-23-20(15-7-3-2-4-8-15)18(25-14)11-12-22-19(24)13-16-9-5-6-10-17(16)21/h2-10H,11-13H2,1H3,(H,22,24). The molecule has 0 saturated heterocycles. The van der Waals surface area contributed by atoms with E-state index in [1.54, 1.807) is 25.1 Å². The molecular formula is C20H19FN2O2. The molecule has 3 aromatic rings. The number of oxazole rings is 1. The van der Waals surface area contributed by atoms with E-state index in [1.165, 1.54) is 6.07 Å². The molecule has 1 amide bonds. The van der Waals surface area contributed by atoms with Crippen molar-refractivity contribution in [3.05, 3.63) is 77.6 Å². The van der Waals surface area contributed by atoms with E-state index in [0.717, 1.165) is 17.0 Å². The first-order valence-corrected chi connectivity index (χ1v) is 8.15. The van der Waals surface area contributed by atoms with Crippen molar-refractivity contribution in [3.63, 3.8) is 0 Å². The number of halogens is 1. The van der Waals surface area contributed by atoms with E-state index in [-0.39, 0.29) is 18.1 Å². The van der Waals surface area contributed by atoms with Gasteiger partial charge in [0, 0.05) is 25.5 Å². The highest BCUT2D eigenvalue weighted by Gasteiger charge is 2.13. The van der Waals surface area contributed by atoms with Crippen LogP contribution in [0.2, 0.25) is 0 Å². The molecule has 4 nitrogen and oxygen atoms in total. The van der Waals surface area contributed by atoms with Gasteiger partial charge < -0.3 is 9.73 Å². The summed E-state index contributed by atoms with van der Waals surface area (Å²) in [6, 6.07) is 16.1. The Hall–Kier alpha value is -2.95. The molecule has 0 aliphatic carbocycles. The van der Waals surface area contributed by atoms with Crippen LogP contribution in [0.25, 0.3) is 11.3 Å². The topological polar surface area (TPSA) is 55.1 Å². The third kappa shape index (κ3) is 4.32. The quantitative estimate of drug-likeness (QED) is 0.746. The second kappa shape index (κ2) is 7.75. The van der Waals surface area contributed by atoms with Crippen molar-refractivity contribution in [2.24, 2.45) is 0 Å². The Bertz CT molecular complexity index is 859. The predicted molar refractivity (Wildman–Crippen MR) is 93.5 cm³/mol. The maximum Gasteiger partial charge on any atom is 0.224 e. The summed E-state index contributed by atoms with van der Waals surface area (Å²) in [7, 11) is 0. The second-order valence-corrected chi connectivity index (χ2v) is 5.74. The monoisotopic (exact) mass is 338 g/mol. The third-order valence-corrected chi connectivity index (χ3v) is 3.83. The minimum atomic E-state index is -0.366. The van der Waals surface area contributed by atoms with Gasteiger partial charge in [0.25, 0.3) is 0 Å². The van der Waals surface area contributed by atoms with Gasteiger partial charge in [-0.15, -0.1) is 0 Å². The molecule has 1 N–H and O–H groups in total. The molecule has 3 rings (SSSR count). The van der Waals surface area contributed by atoms with Crippen LogP contribution >= 0.6 is 0 Å². The average Bonchev–Trinajstić information content (AvgIpc) is 2.98. The van der Waals surface area contributed by atoms with E-state index in [1.807, 2.05) is 30.3 Å². The molecule has 0 aliphatic heterocycles. The third-order valence-electron chi connectivity index (χ3n) is 3.83. The van der Waals surface area contributed by atoms with E-state index in [2.05, 4.69) is 10.3 Å². The minimum Gasteiger partial charge on any atom is -0.445 e. The SMILES string of the molecule is Cc1nc(-c2ccccc2)c(CCNC(=O)Cc2ccccc2F)o1. The lowest BCUT2D eigenvalue weighted by atomic mass is 10.1. The van der Waals surface area contributed by atoms with Crippen LogP contribution in [-0.2, 0) is 17.6 Å². The van der Waals surface area contributed by atoms with Gasteiger partial charge in [0.05, 0.1) is 6.42 Å². The first-order valence-electron chi connectivity index (χ1n) is 8.15. The van der Waals surface area contributed by atoms with Gasteiger partial charge in [-0.3, -0.25) is 4.79 Å². The smallest absolute Gasteiger partial charge is 0.224 e. The molecule has 0 unspecified atom stereocenters. The van der Waals surface area contributed by atoms with Gasteiger partial charge in [0.1, 0.15) is 17.3 Å². The van der Waals surface area contributed by atoms with Gasteiger partial charge >= 0.3 is 0 Å². The van der Waals surface area contributed by atoms with E-state index >= 15 is 0 Å². The molecule has 0 spiro atoms. The maximum absolute atomic E-state index is 13.6. The number of carbonyl (C=O) groups is 1. The number of nitrogens with one attached hydrogen (secondary N) is 1. The molecule has 2 aromatic carbocycles. The summed E-state index contributed by atoms with van der Waals surface area (Å²) in [5.41, 5.74) is 2.16. The van der Waals surface area contributed by atoms with Crippen molar-refractivity contribution in [2.45, 2.75) is 19.8 Å². The number of amides is 1. The lowest BCUT2D eigenvalue weighted by Gasteiger charge is -2.06. The van der Waals surface area contributed by atoms with Crippen LogP contribution in [0.4, 0.5) is 4.39 Å². The largest absolute Gasteiger partial charge is 0.445 e. The fourth-order valence-electron chi connectivity index (χ4n) is 2.65. The fourth-order valence-corrected chi connectivity index (χ4v) is 2.65. The van der Waals surface area contributed by atoms with Crippen molar-refractivity contribution in [3.8, 4) is 11.3 Å². The van der Waals surface area contributed by atoms with Crippen LogP contribution < -0.4 is 5.32 Å². The average molecular weight is 338 g/mol. The molecule has 25 heavy (non-hydrogen) atoms. The highest BCUT2D eigenvalue weighted by atomic mass is 19.1. The van der Waals surface area contributed by atoms with Gasteiger partial charge in [0.2, 0.25) is 5.91 Å². The predicted octanol–water partition coefficient (Wildman–Crippen LogP) is 3.69. The van der Waals surface area contributed by atoms with E-state index in [0.29, 0.717) is 24.4 Å². The fraction of sp³-hybridized carbons (Fsp3) is 0.200. The molecule has 128 valence electrons. The number of rotatable bonds is 6. The summed E-state index contributed by atoms with van der Waals surface area (Å²) in [5, 5.41) is 2.80. The Kier molecular flexibility index (Phi) is 5.23. The Morgan fingerprint density at radius 2 is 1.84 bits per heavy atom. The zero-order valence-electron chi connectivity index (χ0n) is 14.0. The van der Waals surface area contributed by atoms with Gasteiger partial charge in [-0.05, 0) is 11.6 Å². The number of hydrogen-bond acceptors (Lipinski definition) is 3. The highest BCUT2D eigenvalue weighted by Crippen LogP contribution is 2.23. The van der Waals surface area contributed by atoms with Crippen molar-refractivity contribution in [1.29, 1.82) is 0 Å². The Balaban J connectivity index is 1.59. The zero-order chi connectivity index (χ0) is 17.6. The molecule has 0 atom stereocenters. The molecule has 0 bridgehead atoms. The Morgan fingerprint density at radius 1 is 1.12 bits per heavy atom. The lowest BCUT2D eigenvalue weighted by Crippen LogP contribution is -2.27. The molecule has 0 radical (unpaired) electrons. The van der Waals surface area contributed by atoms with Crippen LogP contribution in [-0.4, -0.2) is 17.4 Å². The Labute approximate surface area is 145 Å². The molecular weight excluding hydrogens is 319 g/mol. The summed E-state index contributed by atoms with van der Waals surface area (Å²) < 4.78 is 19.2. The van der Waals surface area contributed by atoms with Gasteiger partial charge in [-0.2, -0.15) is 0 Å². The lowest BCUT2D eigenvalue weighted by molar-refractivity contribution is -0.120. The van der Waals surface area contributed by atoms with Gasteiger partial charge in [-0.25, -0.2) is 9.37 Å². The van der Waals surface area contributed by atoms with E-state index in [9.17, 15) is 9.18 Å². The van der Waals surface area contributed by atoms with Crippen LogP contribution in [0.15, 0.2) is 59.0 Å². The molecule has 0 saturated carbocycles. The number of aromatic nitrogens is 1. The first kappa shape index (κ1) is 16.9. The van der Waals surface area contributed by atoms with Crippen LogP contribution in [0.5, 0.6) is 0 Å². The summed E-state index contributed by atoms with van der Waals surface area (Å²) in [6.45, 7) is 2.20. The normalized spacial score (nSPS) is 10.6. The van der Waals surface area contributed by atoms with Gasteiger partial charge in [0.15, 0.2) is 5.89 Å². The molecule has 1 heterocycles. The highest BCUT2D eigenvalue weighted by molar-refractivity contribution is 5.78. The summed E-state index contributed by atoms with van der Waals surface area (Å²) in [4.78, 5) is 16.4.